The summed E-state index contributed by atoms with van der Waals surface area (Å²) in [5.41, 5.74) is 7.46. The standard InChI is InChI=1S/C30H29BO2.C3H8O/c1-29(2)30(3,4)33-31(32-29)28-17-11-16-24(21-28)27-19-25(22-12-7-5-8-13-22)18-26(20-27)23-14-9-6-10-15-23;1-3-4-2/h5-21H,1-4H3;3H2,1-2H3. The first-order valence-corrected chi connectivity index (χ1v) is 12.9. The van der Waals surface area contributed by atoms with Gasteiger partial charge in [-0.25, -0.2) is 0 Å². The Labute approximate surface area is 222 Å². The maximum Gasteiger partial charge on any atom is 0.494 e. The van der Waals surface area contributed by atoms with Crippen molar-refractivity contribution in [2.45, 2.75) is 45.8 Å². The van der Waals surface area contributed by atoms with Crippen LogP contribution in [0.25, 0.3) is 33.4 Å². The van der Waals surface area contributed by atoms with Crippen LogP contribution in [0.15, 0.2) is 103 Å². The van der Waals surface area contributed by atoms with Gasteiger partial charge in [0.05, 0.1) is 11.2 Å². The van der Waals surface area contributed by atoms with Crippen molar-refractivity contribution in [1.82, 2.24) is 0 Å². The average Bonchev–Trinajstić information content (AvgIpc) is 3.16. The van der Waals surface area contributed by atoms with E-state index >= 15 is 0 Å². The molecule has 0 unspecified atom stereocenters. The van der Waals surface area contributed by atoms with Crippen molar-refractivity contribution in [2.75, 3.05) is 13.7 Å². The Morgan fingerprint density at radius 3 is 1.41 bits per heavy atom. The number of ether oxygens (including phenoxy) is 1. The molecule has 0 atom stereocenters. The van der Waals surface area contributed by atoms with Crippen LogP contribution < -0.4 is 5.46 Å². The first kappa shape index (κ1) is 26.9. The molecule has 0 aromatic heterocycles. The quantitative estimate of drug-likeness (QED) is 0.268. The molecule has 4 aromatic rings. The zero-order valence-corrected chi connectivity index (χ0v) is 22.8. The van der Waals surface area contributed by atoms with Crippen LogP contribution in [0.4, 0.5) is 0 Å². The van der Waals surface area contributed by atoms with Crippen molar-refractivity contribution in [3.8, 4) is 33.4 Å². The molecule has 3 nitrogen and oxygen atoms in total. The van der Waals surface area contributed by atoms with Crippen molar-refractivity contribution in [3.63, 3.8) is 0 Å². The highest BCUT2D eigenvalue weighted by Crippen LogP contribution is 2.37. The molecule has 0 N–H and O–H groups in total. The van der Waals surface area contributed by atoms with E-state index in [9.17, 15) is 0 Å². The average molecular weight is 492 g/mol. The molecule has 1 saturated heterocycles. The summed E-state index contributed by atoms with van der Waals surface area (Å²) in [6.07, 6.45) is 0. The molecule has 0 bridgehead atoms. The highest BCUT2D eigenvalue weighted by molar-refractivity contribution is 6.62. The fourth-order valence-corrected chi connectivity index (χ4v) is 4.23. The molecule has 4 aromatic carbocycles. The van der Waals surface area contributed by atoms with Gasteiger partial charge >= 0.3 is 7.12 Å². The fraction of sp³-hybridized carbons (Fsp3) is 0.273. The van der Waals surface area contributed by atoms with E-state index in [1.54, 1.807) is 7.11 Å². The van der Waals surface area contributed by atoms with Gasteiger partial charge in [-0.15, -0.1) is 0 Å². The van der Waals surface area contributed by atoms with Gasteiger partial charge in [-0.1, -0.05) is 84.9 Å². The highest BCUT2D eigenvalue weighted by Gasteiger charge is 2.51. The lowest BCUT2D eigenvalue weighted by Gasteiger charge is -2.32. The topological polar surface area (TPSA) is 27.7 Å². The summed E-state index contributed by atoms with van der Waals surface area (Å²) in [5.74, 6) is 0. The van der Waals surface area contributed by atoms with E-state index in [2.05, 4.69) is 136 Å². The molecule has 5 rings (SSSR count). The number of rotatable bonds is 5. The van der Waals surface area contributed by atoms with Gasteiger partial charge in [0.2, 0.25) is 0 Å². The van der Waals surface area contributed by atoms with Gasteiger partial charge in [0.15, 0.2) is 0 Å². The van der Waals surface area contributed by atoms with E-state index in [-0.39, 0.29) is 18.3 Å². The predicted octanol–water partition coefficient (Wildman–Crippen LogP) is 7.64. The maximum absolute atomic E-state index is 6.30. The van der Waals surface area contributed by atoms with Gasteiger partial charge in [0, 0.05) is 13.7 Å². The summed E-state index contributed by atoms with van der Waals surface area (Å²) in [6, 6.07) is 36.4. The van der Waals surface area contributed by atoms with Crippen LogP contribution in [0, 0.1) is 0 Å². The van der Waals surface area contributed by atoms with Gasteiger partial charge < -0.3 is 14.0 Å². The Morgan fingerprint density at radius 1 is 0.568 bits per heavy atom. The van der Waals surface area contributed by atoms with Crippen molar-refractivity contribution in [3.05, 3.63) is 103 Å². The lowest BCUT2D eigenvalue weighted by Crippen LogP contribution is -2.41. The molecule has 0 amide bonds. The van der Waals surface area contributed by atoms with Gasteiger partial charge in [0.25, 0.3) is 0 Å². The summed E-state index contributed by atoms with van der Waals surface area (Å²) < 4.78 is 17.2. The van der Waals surface area contributed by atoms with Crippen LogP contribution in [0.5, 0.6) is 0 Å². The summed E-state index contributed by atoms with van der Waals surface area (Å²) >= 11 is 0. The van der Waals surface area contributed by atoms with Crippen LogP contribution in [0.2, 0.25) is 0 Å². The SMILES string of the molecule is CC1(C)OB(c2cccc(-c3cc(-c4ccccc4)cc(-c4ccccc4)c3)c2)OC1(C)C.CCOC. The first-order valence-electron chi connectivity index (χ1n) is 12.9. The van der Waals surface area contributed by atoms with Gasteiger partial charge in [0.1, 0.15) is 0 Å². The largest absolute Gasteiger partial charge is 0.494 e. The van der Waals surface area contributed by atoms with E-state index in [4.69, 9.17) is 9.31 Å². The minimum Gasteiger partial charge on any atom is -0.399 e. The highest BCUT2D eigenvalue weighted by atomic mass is 16.7. The molecule has 37 heavy (non-hydrogen) atoms. The molecular weight excluding hydrogens is 455 g/mol. The third-order valence-electron chi connectivity index (χ3n) is 7.18. The number of benzene rings is 4. The normalized spacial score (nSPS) is 15.7. The van der Waals surface area contributed by atoms with Crippen molar-refractivity contribution >= 4 is 12.6 Å². The Hall–Kier alpha value is -3.18. The maximum atomic E-state index is 6.30. The molecule has 4 heteroatoms. The molecule has 190 valence electrons. The molecular formula is C33H37BO3. The van der Waals surface area contributed by atoms with Crippen LogP contribution >= 0.6 is 0 Å². The van der Waals surface area contributed by atoms with E-state index < -0.39 is 0 Å². The van der Waals surface area contributed by atoms with Crippen molar-refractivity contribution < 1.29 is 14.0 Å². The lowest BCUT2D eigenvalue weighted by molar-refractivity contribution is 0.00578. The Balaban J connectivity index is 0.000000747. The third-order valence-corrected chi connectivity index (χ3v) is 7.18. The van der Waals surface area contributed by atoms with E-state index in [0.717, 1.165) is 17.6 Å². The lowest BCUT2D eigenvalue weighted by atomic mass is 9.78. The fourth-order valence-electron chi connectivity index (χ4n) is 4.23. The second-order valence-corrected chi connectivity index (χ2v) is 10.3. The van der Waals surface area contributed by atoms with Gasteiger partial charge in [-0.2, -0.15) is 0 Å². The van der Waals surface area contributed by atoms with Crippen molar-refractivity contribution in [1.29, 1.82) is 0 Å². The molecule has 1 heterocycles. The smallest absolute Gasteiger partial charge is 0.399 e. The van der Waals surface area contributed by atoms with Crippen LogP contribution in [0.1, 0.15) is 34.6 Å². The molecule has 0 radical (unpaired) electrons. The predicted molar refractivity (Wildman–Crippen MR) is 156 cm³/mol. The molecule has 0 spiro atoms. The summed E-state index contributed by atoms with van der Waals surface area (Å²) in [7, 11) is 1.31. The number of methoxy groups -OCH3 is 1. The molecule has 1 aliphatic rings. The number of hydrogen-bond donors (Lipinski definition) is 0. The molecule has 0 saturated carbocycles. The monoisotopic (exact) mass is 492 g/mol. The zero-order chi connectivity index (χ0) is 26.5. The Morgan fingerprint density at radius 2 is 0.973 bits per heavy atom. The molecule has 1 fully saturated rings. The van der Waals surface area contributed by atoms with E-state index in [1.165, 1.54) is 27.8 Å². The first-order chi connectivity index (χ1) is 17.7. The van der Waals surface area contributed by atoms with E-state index in [1.807, 2.05) is 6.92 Å². The second-order valence-electron chi connectivity index (χ2n) is 10.3. The van der Waals surface area contributed by atoms with Crippen LogP contribution in [0.3, 0.4) is 0 Å². The molecule has 0 aliphatic carbocycles. The summed E-state index contributed by atoms with van der Waals surface area (Å²) in [4.78, 5) is 0. The van der Waals surface area contributed by atoms with Crippen molar-refractivity contribution in [2.24, 2.45) is 0 Å². The Bertz CT molecular complexity index is 1220. The minimum absolute atomic E-state index is 0.360. The molecule has 1 aliphatic heterocycles. The second kappa shape index (κ2) is 11.5. The third kappa shape index (κ3) is 6.22. The minimum atomic E-state index is -0.374. The summed E-state index contributed by atoms with van der Waals surface area (Å²) in [5, 5.41) is 0. The zero-order valence-electron chi connectivity index (χ0n) is 22.8. The Kier molecular flexibility index (Phi) is 8.34. The summed E-state index contributed by atoms with van der Waals surface area (Å²) in [6.45, 7) is 11.1. The van der Waals surface area contributed by atoms with E-state index in [0.29, 0.717) is 0 Å². The van der Waals surface area contributed by atoms with Gasteiger partial charge in [-0.3, -0.25) is 0 Å². The van der Waals surface area contributed by atoms with Crippen LogP contribution in [-0.4, -0.2) is 32.0 Å². The van der Waals surface area contributed by atoms with Crippen LogP contribution in [-0.2, 0) is 14.0 Å². The number of hydrogen-bond acceptors (Lipinski definition) is 3. The van der Waals surface area contributed by atoms with Gasteiger partial charge in [-0.05, 0) is 91.7 Å².